The first-order valence-corrected chi connectivity index (χ1v) is 5.07. The van der Waals surface area contributed by atoms with Crippen molar-refractivity contribution in [2.75, 3.05) is 0 Å². The van der Waals surface area contributed by atoms with Gasteiger partial charge in [0, 0.05) is 29.7 Å². The van der Waals surface area contributed by atoms with Crippen molar-refractivity contribution in [2.24, 2.45) is 5.73 Å². The average Bonchev–Trinajstić information content (AvgIpc) is 2.57. The highest BCUT2D eigenvalue weighted by molar-refractivity contribution is 6.31. The lowest BCUT2D eigenvalue weighted by Gasteiger charge is -2.03. The van der Waals surface area contributed by atoms with Crippen LogP contribution in [0.1, 0.15) is 6.42 Å². The van der Waals surface area contributed by atoms with Crippen molar-refractivity contribution in [3.63, 3.8) is 0 Å². The van der Waals surface area contributed by atoms with E-state index in [2.05, 4.69) is 0 Å². The number of rotatable bonds is 3. The molecule has 2 N–H and O–H groups in total. The number of carbonyl (C=O) groups is 1. The molecule has 0 spiro atoms. The molecule has 0 radical (unpaired) electrons. The van der Waals surface area contributed by atoms with E-state index in [1.54, 1.807) is 0 Å². The van der Waals surface area contributed by atoms with Crippen LogP contribution in [0.25, 0.3) is 10.9 Å². The number of aromatic nitrogens is 1. The number of benzene rings is 1. The summed E-state index contributed by atoms with van der Waals surface area (Å²) in [6, 6.07) is 7.69. The predicted octanol–water partition coefficient (Wildman–Crippen LogP) is 2.17. The van der Waals surface area contributed by atoms with E-state index in [1.807, 2.05) is 35.0 Å². The summed E-state index contributed by atoms with van der Waals surface area (Å²) >= 11 is 5.91. The first-order valence-electron chi connectivity index (χ1n) is 4.69. The van der Waals surface area contributed by atoms with Gasteiger partial charge in [-0.3, -0.25) is 4.79 Å². The molecule has 2 aromatic rings. The molecule has 1 heterocycles. The van der Waals surface area contributed by atoms with Gasteiger partial charge in [0.2, 0.25) is 5.91 Å². The second-order valence-corrected chi connectivity index (χ2v) is 3.87. The molecule has 1 amide bonds. The van der Waals surface area contributed by atoms with E-state index in [1.165, 1.54) is 0 Å². The van der Waals surface area contributed by atoms with Crippen molar-refractivity contribution in [1.82, 2.24) is 4.57 Å². The number of nitrogens with two attached hydrogens (primary N) is 1. The molecule has 15 heavy (non-hydrogen) atoms. The molecule has 0 aliphatic carbocycles. The molecule has 0 atom stereocenters. The molecule has 0 fully saturated rings. The molecule has 0 unspecified atom stereocenters. The van der Waals surface area contributed by atoms with Crippen LogP contribution >= 0.6 is 11.6 Å². The SMILES string of the molecule is NC(=O)CCn1ccc2ccc(Cl)cc21. The largest absolute Gasteiger partial charge is 0.370 e. The molecule has 2 rings (SSSR count). The third kappa shape index (κ3) is 2.13. The van der Waals surface area contributed by atoms with Crippen LogP contribution in [0.15, 0.2) is 30.5 Å². The third-order valence-electron chi connectivity index (χ3n) is 2.34. The zero-order chi connectivity index (χ0) is 10.8. The Kier molecular flexibility index (Phi) is 2.64. The minimum atomic E-state index is -0.293. The highest BCUT2D eigenvalue weighted by Crippen LogP contribution is 2.20. The van der Waals surface area contributed by atoms with Crippen LogP contribution in [0.3, 0.4) is 0 Å². The lowest BCUT2D eigenvalue weighted by molar-refractivity contribution is -0.118. The summed E-state index contributed by atoms with van der Waals surface area (Å²) in [5.41, 5.74) is 6.14. The Labute approximate surface area is 92.4 Å². The van der Waals surface area contributed by atoms with E-state index in [0.717, 1.165) is 10.9 Å². The maximum atomic E-state index is 10.7. The summed E-state index contributed by atoms with van der Waals surface area (Å²) in [6.45, 7) is 0.596. The van der Waals surface area contributed by atoms with E-state index in [4.69, 9.17) is 17.3 Å². The first-order chi connectivity index (χ1) is 7.16. The molecule has 78 valence electrons. The minimum Gasteiger partial charge on any atom is -0.370 e. The molecule has 1 aromatic heterocycles. The van der Waals surface area contributed by atoms with Gasteiger partial charge in [-0.15, -0.1) is 0 Å². The topological polar surface area (TPSA) is 48.0 Å². The van der Waals surface area contributed by atoms with Crippen molar-refractivity contribution < 1.29 is 4.79 Å². The quantitative estimate of drug-likeness (QED) is 0.850. The summed E-state index contributed by atoms with van der Waals surface area (Å²) in [4.78, 5) is 10.7. The predicted molar refractivity (Wildman–Crippen MR) is 60.8 cm³/mol. The Morgan fingerprint density at radius 1 is 1.40 bits per heavy atom. The minimum absolute atomic E-state index is 0.293. The van der Waals surface area contributed by atoms with Gasteiger partial charge in [0.15, 0.2) is 0 Å². The van der Waals surface area contributed by atoms with Gasteiger partial charge in [-0.2, -0.15) is 0 Å². The smallest absolute Gasteiger partial charge is 0.219 e. The monoisotopic (exact) mass is 222 g/mol. The van der Waals surface area contributed by atoms with E-state index in [-0.39, 0.29) is 5.91 Å². The van der Waals surface area contributed by atoms with E-state index in [0.29, 0.717) is 18.0 Å². The van der Waals surface area contributed by atoms with Gasteiger partial charge in [0.25, 0.3) is 0 Å². The van der Waals surface area contributed by atoms with Crippen LogP contribution in [-0.4, -0.2) is 10.5 Å². The Hall–Kier alpha value is -1.48. The number of carbonyl (C=O) groups excluding carboxylic acids is 1. The average molecular weight is 223 g/mol. The van der Waals surface area contributed by atoms with Crippen molar-refractivity contribution in [1.29, 1.82) is 0 Å². The second-order valence-electron chi connectivity index (χ2n) is 3.43. The number of halogens is 1. The highest BCUT2D eigenvalue weighted by Gasteiger charge is 2.02. The molecule has 0 aliphatic heterocycles. The van der Waals surface area contributed by atoms with Crippen LogP contribution in [0, 0.1) is 0 Å². The van der Waals surface area contributed by atoms with Gasteiger partial charge in [-0.1, -0.05) is 17.7 Å². The number of amides is 1. The van der Waals surface area contributed by atoms with Gasteiger partial charge < -0.3 is 10.3 Å². The summed E-state index contributed by atoms with van der Waals surface area (Å²) in [7, 11) is 0. The van der Waals surface area contributed by atoms with Crippen LogP contribution in [0.5, 0.6) is 0 Å². The fourth-order valence-electron chi connectivity index (χ4n) is 1.58. The number of primary amides is 1. The number of fused-ring (bicyclic) bond motifs is 1. The summed E-state index contributed by atoms with van der Waals surface area (Å²) < 4.78 is 1.98. The van der Waals surface area contributed by atoms with E-state index in [9.17, 15) is 4.79 Å². The zero-order valence-electron chi connectivity index (χ0n) is 8.11. The van der Waals surface area contributed by atoms with Crippen molar-refractivity contribution >= 4 is 28.4 Å². The normalized spacial score (nSPS) is 10.7. The number of nitrogens with zero attached hydrogens (tertiary/aromatic N) is 1. The van der Waals surface area contributed by atoms with Crippen molar-refractivity contribution in [2.45, 2.75) is 13.0 Å². The van der Waals surface area contributed by atoms with Gasteiger partial charge in [0.05, 0.1) is 0 Å². The fraction of sp³-hybridized carbons (Fsp3) is 0.182. The Morgan fingerprint density at radius 3 is 2.93 bits per heavy atom. The van der Waals surface area contributed by atoms with Gasteiger partial charge >= 0.3 is 0 Å². The molecular weight excluding hydrogens is 212 g/mol. The summed E-state index contributed by atoms with van der Waals surface area (Å²) in [6.07, 6.45) is 2.28. The Morgan fingerprint density at radius 2 is 2.20 bits per heavy atom. The van der Waals surface area contributed by atoms with Crippen molar-refractivity contribution in [3.8, 4) is 0 Å². The number of hydrogen-bond acceptors (Lipinski definition) is 1. The molecule has 3 nitrogen and oxygen atoms in total. The highest BCUT2D eigenvalue weighted by atomic mass is 35.5. The molecule has 0 aliphatic rings. The third-order valence-corrected chi connectivity index (χ3v) is 2.57. The number of aryl methyl sites for hydroxylation is 1. The Balaban J connectivity index is 2.35. The lowest BCUT2D eigenvalue weighted by atomic mass is 10.2. The van der Waals surface area contributed by atoms with Crippen LogP contribution < -0.4 is 5.73 Å². The van der Waals surface area contributed by atoms with Crippen LogP contribution in [-0.2, 0) is 11.3 Å². The maximum absolute atomic E-state index is 10.7. The van der Waals surface area contributed by atoms with Gasteiger partial charge in [-0.05, 0) is 23.6 Å². The lowest BCUT2D eigenvalue weighted by Crippen LogP contribution is -2.13. The molecule has 1 aromatic carbocycles. The Bertz CT molecular complexity index is 504. The summed E-state index contributed by atoms with van der Waals surface area (Å²) in [5.74, 6) is -0.293. The summed E-state index contributed by atoms with van der Waals surface area (Å²) in [5, 5.41) is 1.81. The van der Waals surface area contributed by atoms with Gasteiger partial charge in [0.1, 0.15) is 0 Å². The fourth-order valence-corrected chi connectivity index (χ4v) is 1.75. The van der Waals surface area contributed by atoms with Crippen LogP contribution in [0.4, 0.5) is 0 Å². The van der Waals surface area contributed by atoms with E-state index >= 15 is 0 Å². The zero-order valence-corrected chi connectivity index (χ0v) is 8.87. The molecular formula is C11H11ClN2O. The second kappa shape index (κ2) is 3.95. The molecule has 0 saturated heterocycles. The number of hydrogen-bond donors (Lipinski definition) is 1. The maximum Gasteiger partial charge on any atom is 0.219 e. The van der Waals surface area contributed by atoms with Crippen molar-refractivity contribution in [3.05, 3.63) is 35.5 Å². The van der Waals surface area contributed by atoms with Gasteiger partial charge in [-0.25, -0.2) is 0 Å². The van der Waals surface area contributed by atoms with E-state index < -0.39 is 0 Å². The molecule has 0 bridgehead atoms. The standard InChI is InChI=1S/C11H11ClN2O/c12-9-2-1-8-3-5-14(10(8)7-9)6-4-11(13)15/h1-3,5,7H,4,6H2,(H2,13,15). The first kappa shape index (κ1) is 10.1. The van der Waals surface area contributed by atoms with Crippen LogP contribution in [0.2, 0.25) is 5.02 Å². The molecule has 4 heteroatoms. The molecule has 0 saturated carbocycles.